The molecule has 1 heterocycles. The smallest absolute Gasteiger partial charge is 0.323 e. The van der Waals surface area contributed by atoms with Gasteiger partial charge in [-0.1, -0.05) is 11.6 Å². The van der Waals surface area contributed by atoms with E-state index in [9.17, 15) is 14.9 Å². The van der Waals surface area contributed by atoms with E-state index in [0.29, 0.717) is 5.56 Å². The standard InChI is InChI=1S/C6H5ClN2O3/c1-3-2-8-6(10)5(4(3)7)9(11)12/h2H,1H3,(H,8,10). The molecule has 0 fully saturated rings. The van der Waals surface area contributed by atoms with E-state index < -0.39 is 16.2 Å². The largest absolute Gasteiger partial charge is 0.352 e. The number of aromatic nitrogens is 1. The fraction of sp³-hybridized carbons (Fsp3) is 0.167. The van der Waals surface area contributed by atoms with Crippen LogP contribution in [0.1, 0.15) is 5.56 Å². The lowest BCUT2D eigenvalue weighted by Gasteiger charge is -1.96. The van der Waals surface area contributed by atoms with Gasteiger partial charge < -0.3 is 4.98 Å². The van der Waals surface area contributed by atoms with E-state index in [1.807, 2.05) is 0 Å². The van der Waals surface area contributed by atoms with Gasteiger partial charge in [0.15, 0.2) is 0 Å². The molecule has 0 aliphatic carbocycles. The van der Waals surface area contributed by atoms with Crippen LogP contribution in [0.3, 0.4) is 0 Å². The molecule has 0 aliphatic rings. The number of nitrogens with one attached hydrogen (secondary N) is 1. The molecule has 0 saturated heterocycles. The van der Waals surface area contributed by atoms with Gasteiger partial charge in [0.05, 0.1) is 4.92 Å². The minimum atomic E-state index is -0.797. The molecule has 0 bridgehead atoms. The van der Waals surface area contributed by atoms with Crippen molar-refractivity contribution in [2.75, 3.05) is 0 Å². The Labute approximate surface area is 72.1 Å². The summed E-state index contributed by atoms with van der Waals surface area (Å²) in [5.74, 6) is 0. The minimum absolute atomic E-state index is 0.108. The number of halogens is 1. The highest BCUT2D eigenvalue weighted by Gasteiger charge is 2.18. The van der Waals surface area contributed by atoms with Crippen molar-refractivity contribution < 1.29 is 4.92 Å². The molecule has 12 heavy (non-hydrogen) atoms. The summed E-state index contributed by atoms with van der Waals surface area (Å²) in [6.45, 7) is 1.57. The van der Waals surface area contributed by atoms with Crippen molar-refractivity contribution in [2.45, 2.75) is 6.92 Å². The van der Waals surface area contributed by atoms with E-state index in [1.54, 1.807) is 6.92 Å². The van der Waals surface area contributed by atoms with E-state index in [-0.39, 0.29) is 5.02 Å². The molecule has 1 N–H and O–H groups in total. The van der Waals surface area contributed by atoms with Crippen LogP contribution in [0.25, 0.3) is 0 Å². The van der Waals surface area contributed by atoms with Gasteiger partial charge in [0.2, 0.25) is 0 Å². The lowest BCUT2D eigenvalue weighted by molar-refractivity contribution is -0.386. The summed E-state index contributed by atoms with van der Waals surface area (Å²) in [4.78, 5) is 22.6. The molecule has 0 aromatic carbocycles. The summed E-state index contributed by atoms with van der Waals surface area (Å²) in [5, 5.41) is 10.2. The van der Waals surface area contributed by atoms with Crippen LogP contribution in [0.5, 0.6) is 0 Å². The zero-order valence-electron chi connectivity index (χ0n) is 6.13. The van der Waals surface area contributed by atoms with Gasteiger partial charge in [0.1, 0.15) is 5.02 Å². The first-order chi connectivity index (χ1) is 5.54. The third-order valence-corrected chi connectivity index (χ3v) is 1.85. The van der Waals surface area contributed by atoms with Crippen LogP contribution in [0.4, 0.5) is 5.69 Å². The van der Waals surface area contributed by atoms with Crippen molar-refractivity contribution in [1.29, 1.82) is 0 Å². The Morgan fingerprint density at radius 1 is 1.67 bits per heavy atom. The van der Waals surface area contributed by atoms with Gasteiger partial charge in [-0.3, -0.25) is 14.9 Å². The highest BCUT2D eigenvalue weighted by molar-refractivity contribution is 6.33. The number of rotatable bonds is 1. The number of pyridine rings is 1. The number of aryl methyl sites for hydroxylation is 1. The quantitative estimate of drug-likeness (QED) is 0.532. The minimum Gasteiger partial charge on any atom is -0.323 e. The van der Waals surface area contributed by atoms with Crippen LogP contribution in [0.2, 0.25) is 5.02 Å². The lowest BCUT2D eigenvalue weighted by atomic mass is 10.3. The van der Waals surface area contributed by atoms with Gasteiger partial charge in [-0.2, -0.15) is 0 Å². The monoisotopic (exact) mass is 188 g/mol. The Morgan fingerprint density at radius 2 is 2.25 bits per heavy atom. The second-order valence-electron chi connectivity index (χ2n) is 2.22. The number of nitro groups is 1. The molecule has 0 saturated carbocycles. The molecule has 0 aliphatic heterocycles. The average molecular weight is 189 g/mol. The molecule has 5 nitrogen and oxygen atoms in total. The molecule has 64 valence electrons. The molecule has 1 aromatic rings. The number of aromatic amines is 1. The van der Waals surface area contributed by atoms with Crippen LogP contribution in [0.15, 0.2) is 11.0 Å². The summed E-state index contributed by atoms with van der Waals surface area (Å²) in [6, 6.07) is 0. The van der Waals surface area contributed by atoms with Crippen LogP contribution in [0, 0.1) is 17.0 Å². The number of hydrogen-bond acceptors (Lipinski definition) is 3. The molecule has 0 radical (unpaired) electrons. The molecule has 0 atom stereocenters. The highest BCUT2D eigenvalue weighted by atomic mass is 35.5. The summed E-state index contributed by atoms with van der Waals surface area (Å²) in [7, 11) is 0. The van der Waals surface area contributed by atoms with Gasteiger partial charge in [0.25, 0.3) is 0 Å². The third kappa shape index (κ3) is 1.31. The summed E-state index contributed by atoms with van der Waals surface area (Å²) in [5.41, 5.74) is -0.907. The number of nitrogens with zero attached hydrogens (tertiary/aromatic N) is 1. The third-order valence-electron chi connectivity index (χ3n) is 1.37. The van der Waals surface area contributed by atoms with Crippen molar-refractivity contribution in [3.8, 4) is 0 Å². The average Bonchev–Trinajstić information content (AvgIpc) is 1.97. The molecular formula is C6H5ClN2O3. The van der Waals surface area contributed by atoms with Gasteiger partial charge in [-0.25, -0.2) is 0 Å². The zero-order chi connectivity index (χ0) is 9.30. The number of hydrogen-bond donors (Lipinski definition) is 1. The predicted molar refractivity (Wildman–Crippen MR) is 43.5 cm³/mol. The lowest BCUT2D eigenvalue weighted by Crippen LogP contribution is -2.12. The number of H-pyrrole nitrogens is 1. The maximum atomic E-state index is 10.9. The summed E-state index contributed by atoms with van der Waals surface area (Å²) < 4.78 is 0. The van der Waals surface area contributed by atoms with Crippen molar-refractivity contribution >= 4 is 17.3 Å². The van der Waals surface area contributed by atoms with Gasteiger partial charge in [-0.15, -0.1) is 0 Å². The second kappa shape index (κ2) is 2.94. The SMILES string of the molecule is Cc1c[nH]c(=O)c([N+](=O)[O-])c1Cl. The van der Waals surface area contributed by atoms with Gasteiger partial charge in [0, 0.05) is 6.20 Å². The van der Waals surface area contributed by atoms with Crippen molar-refractivity contribution in [2.24, 2.45) is 0 Å². The molecule has 6 heteroatoms. The van der Waals surface area contributed by atoms with Crippen molar-refractivity contribution in [3.63, 3.8) is 0 Å². The summed E-state index contributed by atoms with van der Waals surface area (Å²) in [6.07, 6.45) is 1.33. The van der Waals surface area contributed by atoms with E-state index in [0.717, 1.165) is 0 Å². The van der Waals surface area contributed by atoms with Crippen LogP contribution in [-0.4, -0.2) is 9.91 Å². The Balaban J connectivity index is 3.54. The first kappa shape index (κ1) is 8.73. The van der Waals surface area contributed by atoms with Crippen molar-refractivity contribution in [3.05, 3.63) is 37.3 Å². The molecular weight excluding hydrogens is 184 g/mol. The second-order valence-corrected chi connectivity index (χ2v) is 2.60. The first-order valence-corrected chi connectivity index (χ1v) is 3.44. The predicted octanol–water partition coefficient (Wildman–Crippen LogP) is 1.24. The Hall–Kier alpha value is -1.36. The van der Waals surface area contributed by atoms with Crippen molar-refractivity contribution in [1.82, 2.24) is 4.98 Å². The van der Waals surface area contributed by atoms with Crippen LogP contribution in [-0.2, 0) is 0 Å². The fourth-order valence-electron chi connectivity index (χ4n) is 0.755. The Bertz CT molecular complexity index is 385. The topological polar surface area (TPSA) is 76.0 Å². The molecule has 0 amide bonds. The van der Waals surface area contributed by atoms with Crippen LogP contribution < -0.4 is 5.56 Å². The molecule has 1 rings (SSSR count). The summed E-state index contributed by atoms with van der Waals surface area (Å²) >= 11 is 5.53. The Morgan fingerprint density at radius 3 is 2.67 bits per heavy atom. The van der Waals surface area contributed by atoms with E-state index >= 15 is 0 Å². The highest BCUT2D eigenvalue weighted by Crippen LogP contribution is 2.21. The van der Waals surface area contributed by atoms with Gasteiger partial charge in [-0.05, 0) is 12.5 Å². The Kier molecular flexibility index (Phi) is 2.14. The van der Waals surface area contributed by atoms with Gasteiger partial charge >= 0.3 is 11.2 Å². The van der Waals surface area contributed by atoms with Crippen LogP contribution >= 0.6 is 11.6 Å². The first-order valence-electron chi connectivity index (χ1n) is 3.06. The van der Waals surface area contributed by atoms with E-state index in [4.69, 9.17) is 11.6 Å². The normalized spacial score (nSPS) is 9.83. The molecule has 1 aromatic heterocycles. The van der Waals surface area contributed by atoms with E-state index in [1.165, 1.54) is 6.20 Å². The maximum absolute atomic E-state index is 10.9. The zero-order valence-corrected chi connectivity index (χ0v) is 6.88. The molecule has 0 unspecified atom stereocenters. The molecule has 0 spiro atoms. The van der Waals surface area contributed by atoms with E-state index in [2.05, 4.69) is 4.98 Å². The maximum Gasteiger partial charge on any atom is 0.352 e. The fourth-order valence-corrected chi connectivity index (χ4v) is 0.964.